The summed E-state index contributed by atoms with van der Waals surface area (Å²) in [6, 6.07) is 18.4. The molecule has 2 saturated carbocycles. The first-order valence-corrected chi connectivity index (χ1v) is 20.6. The summed E-state index contributed by atoms with van der Waals surface area (Å²) < 4.78 is 10.4. The number of aromatic nitrogens is 2. The maximum absolute atomic E-state index is 14.4. The molecule has 0 bridgehead atoms. The monoisotopic (exact) mass is 773 g/mol. The predicted molar refractivity (Wildman–Crippen MR) is 223 cm³/mol. The zero-order valence-corrected chi connectivity index (χ0v) is 34.1. The lowest BCUT2D eigenvalue weighted by atomic mass is 9.98. The van der Waals surface area contributed by atoms with E-state index in [9.17, 15) is 14.4 Å². The third-order valence-corrected chi connectivity index (χ3v) is 12.2. The Morgan fingerprint density at radius 1 is 0.965 bits per heavy atom. The smallest absolute Gasteiger partial charge is 0.408 e. The molecular weight excluding hydrogens is 719 g/mol. The summed E-state index contributed by atoms with van der Waals surface area (Å²) in [6.45, 7) is 11.6. The van der Waals surface area contributed by atoms with Gasteiger partial charge in [0.05, 0.1) is 48.2 Å². The van der Waals surface area contributed by atoms with Gasteiger partial charge in [-0.2, -0.15) is 0 Å². The van der Waals surface area contributed by atoms with Gasteiger partial charge in [-0.15, -0.1) is 0 Å². The number of hydrogen-bond acceptors (Lipinski definition) is 8. The Hall–Kier alpha value is -5.39. The quantitative estimate of drug-likeness (QED) is 0.126. The van der Waals surface area contributed by atoms with E-state index in [2.05, 4.69) is 92.3 Å². The molecule has 3 heterocycles. The van der Waals surface area contributed by atoms with E-state index < -0.39 is 29.4 Å². The Labute approximate surface area is 334 Å². The van der Waals surface area contributed by atoms with Crippen LogP contribution in [0.1, 0.15) is 98.4 Å². The number of fused-ring (bicyclic) bond motifs is 6. The van der Waals surface area contributed by atoms with Crippen molar-refractivity contribution < 1.29 is 23.9 Å². The second-order valence-corrected chi connectivity index (χ2v) is 17.6. The van der Waals surface area contributed by atoms with Crippen LogP contribution in [0.25, 0.3) is 33.2 Å². The molecule has 2 unspecified atom stereocenters. The molecule has 12 heteroatoms. The van der Waals surface area contributed by atoms with Gasteiger partial charge in [0.15, 0.2) is 0 Å². The van der Waals surface area contributed by atoms with E-state index in [4.69, 9.17) is 14.5 Å². The summed E-state index contributed by atoms with van der Waals surface area (Å²) in [5, 5.41) is 11.8. The predicted octanol–water partition coefficient (Wildman–Crippen LogP) is 9.05. The Balaban J connectivity index is 1.00. The number of hydrogen-bond donors (Lipinski definition) is 4. The lowest BCUT2D eigenvalue weighted by Gasteiger charge is -2.34. The summed E-state index contributed by atoms with van der Waals surface area (Å²) in [6.07, 6.45) is 7.55. The second kappa shape index (κ2) is 14.8. The fourth-order valence-electron chi connectivity index (χ4n) is 9.38. The minimum atomic E-state index is -0.678. The van der Waals surface area contributed by atoms with Gasteiger partial charge >= 0.3 is 12.2 Å². The van der Waals surface area contributed by atoms with E-state index in [0.29, 0.717) is 11.7 Å². The molecule has 1 saturated heterocycles. The Morgan fingerprint density at radius 2 is 1.68 bits per heavy atom. The molecule has 3 amide bonds. The van der Waals surface area contributed by atoms with Gasteiger partial charge in [-0.05, 0) is 104 Å². The molecule has 6 atom stereocenters. The molecule has 3 fully saturated rings. The van der Waals surface area contributed by atoms with Crippen molar-refractivity contribution >= 4 is 46.0 Å². The molecule has 1 spiro atoms. The van der Waals surface area contributed by atoms with Gasteiger partial charge < -0.3 is 35.3 Å². The highest BCUT2D eigenvalue weighted by molar-refractivity contribution is 6.23. The van der Waals surface area contributed by atoms with Crippen molar-refractivity contribution in [2.24, 2.45) is 16.8 Å². The molecule has 4 N–H and O–H groups in total. The van der Waals surface area contributed by atoms with Crippen LogP contribution >= 0.6 is 0 Å². The Bertz CT molecular complexity index is 2240. The summed E-state index contributed by atoms with van der Waals surface area (Å²) in [5.74, 6) is 0.983. The molecule has 57 heavy (non-hydrogen) atoms. The highest BCUT2D eigenvalue weighted by atomic mass is 16.6. The number of aliphatic imine (C=N–C) groups is 1. The van der Waals surface area contributed by atoms with Crippen LogP contribution in [0, 0.1) is 11.8 Å². The zero-order chi connectivity index (χ0) is 40.2. The highest BCUT2D eigenvalue weighted by Gasteiger charge is 2.74. The normalized spacial score (nSPS) is 22.9. The molecule has 4 aliphatic rings. The number of likely N-dealkylation sites (tertiary alicyclic amines) is 1. The van der Waals surface area contributed by atoms with Crippen molar-refractivity contribution in [3.63, 3.8) is 0 Å². The largest absolute Gasteiger partial charge is 0.453 e. The third kappa shape index (κ3) is 7.23. The minimum absolute atomic E-state index is 0.0490. The summed E-state index contributed by atoms with van der Waals surface area (Å²) >= 11 is 0. The Kier molecular flexibility index (Phi) is 10.0. The van der Waals surface area contributed by atoms with Crippen molar-refractivity contribution in [2.75, 3.05) is 12.4 Å². The number of rotatable bonds is 10. The van der Waals surface area contributed by atoms with Gasteiger partial charge in [0, 0.05) is 11.6 Å². The number of aromatic amines is 1. The molecule has 300 valence electrons. The molecule has 4 aromatic rings. The summed E-state index contributed by atoms with van der Waals surface area (Å²) in [5.41, 5.74) is 5.85. The maximum atomic E-state index is 14.4. The molecule has 0 radical (unpaired) electrons. The summed E-state index contributed by atoms with van der Waals surface area (Å²) in [4.78, 5) is 54.7. The molecule has 1 aromatic heterocycles. The first kappa shape index (κ1) is 38.5. The number of alkyl carbamates (subject to hydrolysis) is 2. The molecule has 2 aliphatic carbocycles. The van der Waals surface area contributed by atoms with Crippen LogP contribution in [0.5, 0.6) is 0 Å². The molecule has 8 rings (SSSR count). The van der Waals surface area contributed by atoms with Gasteiger partial charge in [0.25, 0.3) is 0 Å². The Morgan fingerprint density at radius 3 is 2.40 bits per heavy atom. The van der Waals surface area contributed by atoms with Gasteiger partial charge in [0.1, 0.15) is 23.0 Å². The first-order valence-electron chi connectivity index (χ1n) is 20.6. The average molecular weight is 774 g/mol. The van der Waals surface area contributed by atoms with Crippen molar-refractivity contribution in [1.29, 1.82) is 0 Å². The number of amides is 3. The number of nitrogens with zero attached hydrogens (tertiary/aromatic N) is 3. The fraction of sp³-hybridized carbons (Fsp3) is 0.489. The minimum Gasteiger partial charge on any atom is -0.453 e. The number of anilines is 1. The standard InChI is InChI=1S/C45H55N7O5/c1-8-9-12-33(50-43(55)57-44(4,5)6)40-46-24-35(49-40)30-17-16-26-20-27(14-15-28(26)21-30)29-18-19-32-34(22-29)48-39-38(47-32)45(39)23-31-11-10-13-36(31)52(45)41(53)37(25(2)3)51-42(54)56-7/h14-22,24-25,31,33,36-37,39,48H,8-13,23H2,1-7H3,(H,46,49)(H,50,55)(H,51,54)/t31-,33-,36-,37-,39?,45?/m0/s1. The lowest BCUT2D eigenvalue weighted by molar-refractivity contribution is -0.137. The van der Waals surface area contributed by atoms with E-state index in [1.807, 2.05) is 40.8 Å². The van der Waals surface area contributed by atoms with Crippen LogP contribution in [0.2, 0.25) is 0 Å². The van der Waals surface area contributed by atoms with Crippen LogP contribution in [0.15, 0.2) is 65.8 Å². The van der Waals surface area contributed by atoms with E-state index in [-0.39, 0.29) is 30.0 Å². The van der Waals surface area contributed by atoms with E-state index in [0.717, 1.165) is 95.2 Å². The number of carbonyl (C=O) groups is 3. The van der Waals surface area contributed by atoms with Crippen LogP contribution < -0.4 is 16.0 Å². The number of methoxy groups -OCH3 is 1. The number of carbonyl (C=O) groups excluding carboxylic acids is 3. The first-order chi connectivity index (χ1) is 27.3. The highest BCUT2D eigenvalue weighted by Crippen LogP contribution is 2.60. The fourth-order valence-corrected chi connectivity index (χ4v) is 9.38. The third-order valence-electron chi connectivity index (χ3n) is 12.2. The van der Waals surface area contributed by atoms with Crippen molar-refractivity contribution in [1.82, 2.24) is 25.5 Å². The maximum Gasteiger partial charge on any atom is 0.408 e. The number of nitrogens with one attached hydrogen (secondary N) is 4. The number of ether oxygens (including phenoxy) is 2. The van der Waals surface area contributed by atoms with Gasteiger partial charge in [-0.3, -0.25) is 9.79 Å². The zero-order valence-electron chi connectivity index (χ0n) is 34.1. The molecule has 2 aliphatic heterocycles. The topological polar surface area (TPSA) is 150 Å². The molecule has 12 nitrogen and oxygen atoms in total. The van der Waals surface area contributed by atoms with Gasteiger partial charge in [-0.1, -0.05) is 70.4 Å². The van der Waals surface area contributed by atoms with Crippen molar-refractivity contribution in [3.05, 3.63) is 66.6 Å². The number of imidazole rings is 1. The number of benzene rings is 3. The molecule has 3 aromatic carbocycles. The molecular formula is C45H55N7O5. The van der Waals surface area contributed by atoms with Crippen LogP contribution in [0.4, 0.5) is 21.0 Å². The van der Waals surface area contributed by atoms with Crippen LogP contribution in [-0.4, -0.2) is 75.0 Å². The van der Waals surface area contributed by atoms with E-state index in [1.54, 1.807) is 0 Å². The van der Waals surface area contributed by atoms with E-state index >= 15 is 0 Å². The second-order valence-electron chi connectivity index (χ2n) is 17.6. The SMILES string of the molecule is CCCC[C@H](NC(=O)OC(C)(C)C)c1ncc(-c2ccc3cc(-c4ccc5c(c4)NC4C(=N5)C45C[C@@H]4CCC[C@@H]4N5C(=O)[C@@H](NC(=O)OC)C(C)C)ccc3c2)[nH]1. The lowest BCUT2D eigenvalue weighted by Crippen LogP contribution is -2.56. The average Bonchev–Trinajstić information content (AvgIpc) is 3.62. The van der Waals surface area contributed by atoms with Gasteiger partial charge in [0.2, 0.25) is 5.91 Å². The van der Waals surface area contributed by atoms with Crippen LogP contribution in [-0.2, 0) is 14.3 Å². The van der Waals surface area contributed by atoms with Crippen molar-refractivity contribution in [2.45, 2.75) is 122 Å². The van der Waals surface area contributed by atoms with E-state index in [1.165, 1.54) is 7.11 Å². The summed E-state index contributed by atoms with van der Waals surface area (Å²) in [7, 11) is 1.33. The van der Waals surface area contributed by atoms with Crippen LogP contribution in [0.3, 0.4) is 0 Å². The van der Waals surface area contributed by atoms with Gasteiger partial charge in [-0.25, -0.2) is 14.6 Å². The van der Waals surface area contributed by atoms with Crippen molar-refractivity contribution in [3.8, 4) is 22.4 Å². The number of unbranched alkanes of at least 4 members (excludes halogenated alkanes) is 1. The number of H-pyrrole nitrogens is 1.